The van der Waals surface area contributed by atoms with Gasteiger partial charge in [-0.15, -0.1) is 0 Å². The summed E-state index contributed by atoms with van der Waals surface area (Å²) in [5.74, 6) is 0.748. The van der Waals surface area contributed by atoms with Gasteiger partial charge in [0.15, 0.2) is 0 Å². The van der Waals surface area contributed by atoms with Gasteiger partial charge in [0.2, 0.25) is 0 Å². The highest BCUT2D eigenvalue weighted by Gasteiger charge is 2.33. The molecule has 160 valence electrons. The van der Waals surface area contributed by atoms with Crippen molar-refractivity contribution in [3.8, 4) is 0 Å². The van der Waals surface area contributed by atoms with Gasteiger partial charge in [-0.25, -0.2) is 4.98 Å². The molecule has 0 spiro atoms. The summed E-state index contributed by atoms with van der Waals surface area (Å²) in [5.41, 5.74) is 1.43. The third kappa shape index (κ3) is 4.27. The number of furan rings is 1. The van der Waals surface area contributed by atoms with Crippen molar-refractivity contribution in [1.82, 2.24) is 14.3 Å². The molecule has 3 aromatic rings. The molecule has 8 nitrogen and oxygen atoms in total. The maximum Gasteiger partial charge on any atom is 0.267 e. The van der Waals surface area contributed by atoms with Crippen molar-refractivity contribution in [2.24, 2.45) is 0 Å². The Hall–Kier alpha value is -2.95. The fraction of sp³-hybridized carbons (Fsp3) is 0.238. The number of thiocarbonyl (C=S) groups is 1. The van der Waals surface area contributed by atoms with Crippen LogP contribution in [0.2, 0.25) is 0 Å². The van der Waals surface area contributed by atoms with Crippen molar-refractivity contribution in [2.75, 3.05) is 25.6 Å². The quantitative estimate of drug-likeness (QED) is 0.330. The first-order chi connectivity index (χ1) is 15.0. The number of rotatable bonds is 7. The van der Waals surface area contributed by atoms with Crippen LogP contribution in [-0.4, -0.2) is 44.8 Å². The minimum absolute atomic E-state index is 0.238. The summed E-state index contributed by atoms with van der Waals surface area (Å²) in [6, 6.07) is 7.21. The Labute approximate surface area is 187 Å². The maximum absolute atomic E-state index is 13.3. The van der Waals surface area contributed by atoms with Crippen LogP contribution in [0.4, 0.5) is 5.82 Å². The number of nitrogens with zero attached hydrogens (tertiary/aromatic N) is 3. The zero-order valence-corrected chi connectivity index (χ0v) is 18.6. The van der Waals surface area contributed by atoms with Crippen LogP contribution in [0.15, 0.2) is 50.8 Å². The van der Waals surface area contributed by atoms with Gasteiger partial charge >= 0.3 is 0 Å². The van der Waals surface area contributed by atoms with Crippen LogP contribution in [-0.2, 0) is 16.1 Å². The molecule has 1 aliphatic heterocycles. The lowest BCUT2D eigenvalue weighted by atomic mass is 10.2. The van der Waals surface area contributed by atoms with Crippen molar-refractivity contribution >= 4 is 51.7 Å². The summed E-state index contributed by atoms with van der Waals surface area (Å²) < 4.78 is 12.3. The molecule has 3 aromatic heterocycles. The number of nitrogens with one attached hydrogen (secondary N) is 1. The summed E-state index contributed by atoms with van der Waals surface area (Å²) in [4.78, 5) is 32.7. The molecule has 1 N–H and O–H groups in total. The summed E-state index contributed by atoms with van der Waals surface area (Å²) in [6.07, 6.45) is 4.77. The first-order valence-electron chi connectivity index (χ1n) is 9.52. The lowest BCUT2D eigenvalue weighted by Gasteiger charge is -2.13. The van der Waals surface area contributed by atoms with E-state index in [9.17, 15) is 9.59 Å². The fourth-order valence-corrected chi connectivity index (χ4v) is 4.41. The highest BCUT2D eigenvalue weighted by Crippen LogP contribution is 2.34. The van der Waals surface area contributed by atoms with Crippen LogP contribution in [0.5, 0.6) is 0 Å². The SMILES string of the molecule is COCCNc1nc2c(C)cccn2c(=O)c1/C=C1/SC(=S)N(Cc2ccco2)C1=O. The highest BCUT2D eigenvalue weighted by atomic mass is 32.2. The number of fused-ring (bicyclic) bond motifs is 1. The van der Waals surface area contributed by atoms with Crippen molar-refractivity contribution < 1.29 is 13.9 Å². The molecule has 10 heteroatoms. The third-order valence-corrected chi connectivity index (χ3v) is 6.10. The van der Waals surface area contributed by atoms with Gasteiger partial charge in [0.25, 0.3) is 11.5 Å². The number of amides is 1. The van der Waals surface area contributed by atoms with E-state index >= 15 is 0 Å². The largest absolute Gasteiger partial charge is 0.467 e. The molecule has 4 heterocycles. The molecule has 1 fully saturated rings. The van der Waals surface area contributed by atoms with Gasteiger partial charge in [0, 0.05) is 19.9 Å². The van der Waals surface area contributed by atoms with Gasteiger partial charge < -0.3 is 14.5 Å². The normalized spacial score (nSPS) is 15.4. The molecule has 1 amide bonds. The number of methoxy groups -OCH3 is 1. The van der Waals surface area contributed by atoms with Crippen LogP contribution in [0.25, 0.3) is 11.7 Å². The van der Waals surface area contributed by atoms with E-state index in [0.29, 0.717) is 39.6 Å². The molecule has 31 heavy (non-hydrogen) atoms. The highest BCUT2D eigenvalue weighted by molar-refractivity contribution is 8.26. The number of aromatic nitrogens is 2. The molecule has 0 radical (unpaired) electrons. The van der Waals surface area contributed by atoms with E-state index in [1.807, 2.05) is 13.0 Å². The number of pyridine rings is 1. The second-order valence-electron chi connectivity index (χ2n) is 6.83. The van der Waals surface area contributed by atoms with Gasteiger partial charge in [-0.1, -0.05) is 30.0 Å². The predicted molar refractivity (Wildman–Crippen MR) is 124 cm³/mol. The molecule has 0 aromatic carbocycles. The molecule has 1 aliphatic rings. The smallest absolute Gasteiger partial charge is 0.267 e. The molecule has 0 saturated carbocycles. The van der Waals surface area contributed by atoms with E-state index in [-0.39, 0.29) is 23.6 Å². The average Bonchev–Trinajstić information content (AvgIpc) is 3.35. The van der Waals surface area contributed by atoms with E-state index in [1.165, 1.54) is 9.30 Å². The van der Waals surface area contributed by atoms with E-state index < -0.39 is 0 Å². The third-order valence-electron chi connectivity index (χ3n) is 4.73. The van der Waals surface area contributed by atoms with Crippen molar-refractivity contribution in [2.45, 2.75) is 13.5 Å². The second-order valence-corrected chi connectivity index (χ2v) is 8.51. The minimum Gasteiger partial charge on any atom is -0.467 e. The molecule has 0 bridgehead atoms. The Morgan fingerprint density at radius 3 is 2.90 bits per heavy atom. The first kappa shape index (κ1) is 21.3. The van der Waals surface area contributed by atoms with Crippen LogP contribution >= 0.6 is 24.0 Å². The standard InChI is InChI=1S/C21H20N4O4S2/c1-13-5-3-8-24-18(13)23-17(22-7-10-28-2)15(19(24)26)11-16-20(27)25(21(30)31-16)12-14-6-4-9-29-14/h3-6,8-9,11,22H,7,10,12H2,1-2H3/b16-11+. The van der Waals surface area contributed by atoms with Crippen molar-refractivity contribution in [1.29, 1.82) is 0 Å². The van der Waals surface area contributed by atoms with Crippen LogP contribution < -0.4 is 10.9 Å². The van der Waals surface area contributed by atoms with Crippen LogP contribution in [0.1, 0.15) is 16.9 Å². The number of thioether (sulfide) groups is 1. The number of hydrogen-bond acceptors (Lipinski definition) is 8. The molecule has 0 aliphatic carbocycles. The lowest BCUT2D eigenvalue weighted by molar-refractivity contribution is -0.122. The number of ether oxygens (including phenoxy) is 1. The van der Waals surface area contributed by atoms with E-state index in [2.05, 4.69) is 10.3 Å². The van der Waals surface area contributed by atoms with E-state index in [4.69, 9.17) is 21.4 Å². The maximum atomic E-state index is 13.3. The van der Waals surface area contributed by atoms with E-state index in [1.54, 1.807) is 43.8 Å². The van der Waals surface area contributed by atoms with Gasteiger partial charge in [-0.2, -0.15) is 0 Å². The second kappa shape index (κ2) is 9.04. The number of carbonyl (C=O) groups excluding carboxylic acids is 1. The Balaban J connectivity index is 1.75. The van der Waals surface area contributed by atoms with Gasteiger partial charge in [0.05, 0.1) is 29.9 Å². The fourth-order valence-electron chi connectivity index (χ4n) is 3.17. The Morgan fingerprint density at radius 1 is 1.32 bits per heavy atom. The molecule has 4 rings (SSSR count). The molecule has 0 atom stereocenters. The lowest BCUT2D eigenvalue weighted by Crippen LogP contribution is -2.27. The average molecular weight is 457 g/mol. The number of anilines is 1. The summed E-state index contributed by atoms with van der Waals surface area (Å²) in [5, 5.41) is 3.15. The Kier molecular flexibility index (Phi) is 6.21. The number of hydrogen-bond donors (Lipinski definition) is 1. The number of carbonyl (C=O) groups is 1. The molecular weight excluding hydrogens is 436 g/mol. The van der Waals surface area contributed by atoms with Crippen molar-refractivity contribution in [3.05, 3.63) is 68.9 Å². The topological polar surface area (TPSA) is 89.1 Å². The van der Waals surface area contributed by atoms with Crippen molar-refractivity contribution in [3.63, 3.8) is 0 Å². The first-order valence-corrected chi connectivity index (χ1v) is 10.7. The Morgan fingerprint density at radius 2 is 2.16 bits per heavy atom. The van der Waals surface area contributed by atoms with Gasteiger partial charge in [-0.05, 0) is 36.8 Å². The zero-order valence-electron chi connectivity index (χ0n) is 17.0. The zero-order chi connectivity index (χ0) is 22.0. The summed E-state index contributed by atoms with van der Waals surface area (Å²) in [7, 11) is 1.60. The summed E-state index contributed by atoms with van der Waals surface area (Å²) >= 11 is 6.54. The molecule has 1 saturated heterocycles. The predicted octanol–water partition coefficient (Wildman–Crippen LogP) is 3.06. The van der Waals surface area contributed by atoms with Crippen LogP contribution in [0, 0.1) is 6.92 Å². The molecular formula is C21H20N4O4S2. The number of aryl methyl sites for hydroxylation is 1. The Bertz CT molecular complexity index is 1230. The summed E-state index contributed by atoms with van der Waals surface area (Å²) in [6.45, 7) is 3.03. The monoisotopic (exact) mass is 456 g/mol. The van der Waals surface area contributed by atoms with Gasteiger partial charge in [0.1, 0.15) is 21.5 Å². The minimum atomic E-state index is -0.275. The molecule has 0 unspecified atom stereocenters. The van der Waals surface area contributed by atoms with Crippen LogP contribution in [0.3, 0.4) is 0 Å². The van der Waals surface area contributed by atoms with Gasteiger partial charge in [-0.3, -0.25) is 18.9 Å². The van der Waals surface area contributed by atoms with E-state index in [0.717, 1.165) is 17.3 Å².